The van der Waals surface area contributed by atoms with Crippen molar-refractivity contribution >= 4 is 40.7 Å². The van der Waals surface area contributed by atoms with Crippen LogP contribution in [0.15, 0.2) is 60.8 Å². The maximum atomic E-state index is 13.2. The lowest BCUT2D eigenvalue weighted by Crippen LogP contribution is -2.24. The summed E-state index contributed by atoms with van der Waals surface area (Å²) in [5.74, 6) is 0.236. The maximum absolute atomic E-state index is 13.2. The molecule has 0 aliphatic heterocycles. The average Bonchev–Trinajstić information content (AvgIpc) is 3.18. The summed E-state index contributed by atoms with van der Waals surface area (Å²) in [5.41, 5.74) is 2.24. The van der Waals surface area contributed by atoms with Gasteiger partial charge in [0.1, 0.15) is 17.5 Å². The van der Waals surface area contributed by atoms with Crippen LogP contribution in [0.5, 0.6) is 0 Å². The van der Waals surface area contributed by atoms with Crippen LogP contribution in [0, 0.1) is 5.82 Å². The normalized spacial score (nSPS) is 10.9. The highest BCUT2D eigenvalue weighted by Gasteiger charge is 2.25. The molecule has 0 spiro atoms. The van der Waals surface area contributed by atoms with E-state index >= 15 is 0 Å². The summed E-state index contributed by atoms with van der Waals surface area (Å²) in [7, 11) is 0. The first kappa shape index (κ1) is 23.2. The summed E-state index contributed by atoms with van der Waals surface area (Å²) in [6.45, 7) is 2.14. The van der Waals surface area contributed by atoms with Crippen LogP contribution in [-0.4, -0.2) is 20.4 Å². The Morgan fingerprint density at radius 3 is 2.42 bits per heavy atom. The first-order valence-corrected chi connectivity index (χ1v) is 11.2. The van der Waals surface area contributed by atoms with Crippen LogP contribution >= 0.6 is 34.8 Å². The lowest BCUT2D eigenvalue weighted by atomic mass is 10.2. The van der Waals surface area contributed by atoms with E-state index < -0.39 is 0 Å². The van der Waals surface area contributed by atoms with Gasteiger partial charge in [0.15, 0.2) is 5.69 Å². The number of amides is 1. The minimum atomic E-state index is -0.372. The lowest BCUT2D eigenvalue weighted by Gasteiger charge is -2.12. The summed E-state index contributed by atoms with van der Waals surface area (Å²) in [6, 6.07) is 14.3. The third kappa shape index (κ3) is 5.03. The van der Waals surface area contributed by atoms with Crippen molar-refractivity contribution in [2.75, 3.05) is 0 Å². The van der Waals surface area contributed by atoms with E-state index in [1.54, 1.807) is 53.2 Å². The molecule has 4 aromatic rings. The Balaban J connectivity index is 1.80. The van der Waals surface area contributed by atoms with Crippen molar-refractivity contribution in [3.63, 3.8) is 0 Å². The fourth-order valence-corrected chi connectivity index (χ4v) is 4.09. The number of halogens is 4. The average molecular weight is 504 g/mol. The quantitative estimate of drug-likeness (QED) is 0.326. The van der Waals surface area contributed by atoms with Gasteiger partial charge in [-0.3, -0.25) is 9.36 Å². The SMILES string of the molecule is CCc1c(C(=O)NCc2ccc(F)cc2)nc(-c2ccc(Cl)cc2Cl)n1-c1cc(Cl)ccn1. The number of carbonyl (C=O) groups excluding carboxylic acids is 1. The number of nitrogens with zero attached hydrogens (tertiary/aromatic N) is 3. The molecule has 2 aromatic carbocycles. The molecule has 0 aliphatic rings. The molecule has 2 heterocycles. The number of pyridine rings is 1. The van der Waals surface area contributed by atoms with E-state index in [-0.39, 0.29) is 24.0 Å². The minimum Gasteiger partial charge on any atom is -0.347 e. The number of benzene rings is 2. The van der Waals surface area contributed by atoms with Crippen molar-refractivity contribution in [1.29, 1.82) is 0 Å². The van der Waals surface area contributed by atoms with Crippen molar-refractivity contribution < 1.29 is 9.18 Å². The van der Waals surface area contributed by atoms with E-state index in [9.17, 15) is 9.18 Å². The molecule has 33 heavy (non-hydrogen) atoms. The van der Waals surface area contributed by atoms with Gasteiger partial charge in [-0.2, -0.15) is 0 Å². The number of hydrogen-bond acceptors (Lipinski definition) is 3. The second-order valence-corrected chi connectivity index (χ2v) is 8.47. The van der Waals surface area contributed by atoms with Gasteiger partial charge in [-0.15, -0.1) is 0 Å². The first-order chi connectivity index (χ1) is 15.9. The Morgan fingerprint density at radius 2 is 1.76 bits per heavy atom. The molecule has 0 fully saturated rings. The number of nitrogens with one attached hydrogen (secondary N) is 1. The van der Waals surface area contributed by atoms with Gasteiger partial charge in [0, 0.05) is 34.4 Å². The number of carbonyl (C=O) groups is 1. The van der Waals surface area contributed by atoms with Gasteiger partial charge in [-0.1, -0.05) is 53.9 Å². The molecule has 0 atom stereocenters. The highest BCUT2D eigenvalue weighted by Crippen LogP contribution is 2.33. The predicted molar refractivity (Wildman–Crippen MR) is 129 cm³/mol. The van der Waals surface area contributed by atoms with Gasteiger partial charge in [-0.05, 0) is 48.4 Å². The molecule has 2 aromatic heterocycles. The molecule has 4 rings (SSSR count). The zero-order valence-corrected chi connectivity index (χ0v) is 19.7. The highest BCUT2D eigenvalue weighted by atomic mass is 35.5. The van der Waals surface area contributed by atoms with Crippen molar-refractivity contribution in [3.8, 4) is 17.2 Å². The largest absolute Gasteiger partial charge is 0.347 e. The van der Waals surface area contributed by atoms with Crippen LogP contribution in [0.2, 0.25) is 15.1 Å². The van der Waals surface area contributed by atoms with E-state index in [4.69, 9.17) is 34.8 Å². The number of rotatable bonds is 6. The Bertz CT molecular complexity index is 1320. The van der Waals surface area contributed by atoms with Crippen molar-refractivity contribution in [3.05, 3.63) is 98.6 Å². The Kier molecular flexibility index (Phi) is 6.98. The predicted octanol–water partition coefficient (Wildman–Crippen LogP) is 6.53. The molecule has 0 saturated carbocycles. The van der Waals surface area contributed by atoms with Crippen LogP contribution in [0.3, 0.4) is 0 Å². The Hall–Kier alpha value is -2.93. The standard InChI is InChI=1S/C24H18Cl3FN4O/c1-2-20-22(24(33)30-13-14-3-6-17(28)7-4-14)31-23(18-8-5-15(25)11-19(18)27)32(20)21-12-16(26)9-10-29-21/h3-12H,2,13H2,1H3,(H,30,33). The lowest BCUT2D eigenvalue weighted by molar-refractivity contribution is 0.0945. The molecule has 0 bridgehead atoms. The monoisotopic (exact) mass is 502 g/mol. The molecule has 0 aliphatic carbocycles. The highest BCUT2D eigenvalue weighted by molar-refractivity contribution is 6.36. The second kappa shape index (κ2) is 9.91. The van der Waals surface area contributed by atoms with Crippen LogP contribution < -0.4 is 5.32 Å². The zero-order valence-electron chi connectivity index (χ0n) is 17.4. The third-order valence-electron chi connectivity index (χ3n) is 5.00. The van der Waals surface area contributed by atoms with E-state index in [1.807, 2.05) is 6.92 Å². The molecule has 9 heteroatoms. The smallest absolute Gasteiger partial charge is 0.272 e. The van der Waals surface area contributed by atoms with Crippen molar-refractivity contribution in [2.24, 2.45) is 0 Å². The van der Waals surface area contributed by atoms with E-state index in [0.717, 1.165) is 5.56 Å². The third-order valence-corrected chi connectivity index (χ3v) is 5.78. The van der Waals surface area contributed by atoms with Crippen molar-refractivity contribution in [1.82, 2.24) is 19.9 Å². The molecule has 0 unspecified atom stereocenters. The van der Waals surface area contributed by atoms with Gasteiger partial charge in [0.2, 0.25) is 0 Å². The fourth-order valence-electron chi connectivity index (χ4n) is 3.44. The Morgan fingerprint density at radius 1 is 1.03 bits per heavy atom. The van der Waals surface area contributed by atoms with Gasteiger partial charge >= 0.3 is 0 Å². The zero-order chi connectivity index (χ0) is 23.5. The summed E-state index contributed by atoms with van der Waals surface area (Å²) >= 11 is 18.8. The summed E-state index contributed by atoms with van der Waals surface area (Å²) in [5, 5.41) is 4.21. The van der Waals surface area contributed by atoms with Crippen molar-refractivity contribution in [2.45, 2.75) is 19.9 Å². The second-order valence-electron chi connectivity index (χ2n) is 7.19. The number of imidazole rings is 1. The molecule has 1 amide bonds. The van der Waals surface area contributed by atoms with E-state index in [0.29, 0.717) is 44.4 Å². The van der Waals surface area contributed by atoms with E-state index in [1.165, 1.54) is 12.1 Å². The van der Waals surface area contributed by atoms with Crippen LogP contribution in [-0.2, 0) is 13.0 Å². The molecular weight excluding hydrogens is 486 g/mol. The Labute approximate surface area is 205 Å². The fraction of sp³-hybridized carbons (Fsp3) is 0.125. The minimum absolute atomic E-state index is 0.224. The molecule has 0 saturated heterocycles. The maximum Gasteiger partial charge on any atom is 0.272 e. The topological polar surface area (TPSA) is 59.8 Å². The van der Waals surface area contributed by atoms with Crippen LogP contribution in [0.1, 0.15) is 28.7 Å². The summed E-state index contributed by atoms with van der Waals surface area (Å²) in [6.07, 6.45) is 2.07. The molecule has 0 radical (unpaired) electrons. The van der Waals surface area contributed by atoms with E-state index in [2.05, 4.69) is 15.3 Å². The van der Waals surface area contributed by atoms with Crippen LogP contribution in [0.4, 0.5) is 4.39 Å². The van der Waals surface area contributed by atoms with Crippen LogP contribution in [0.25, 0.3) is 17.2 Å². The summed E-state index contributed by atoms with van der Waals surface area (Å²) in [4.78, 5) is 22.2. The first-order valence-electron chi connectivity index (χ1n) is 10.1. The molecular formula is C24H18Cl3FN4O. The van der Waals surface area contributed by atoms with Gasteiger partial charge in [-0.25, -0.2) is 14.4 Å². The number of hydrogen-bond donors (Lipinski definition) is 1. The number of aromatic nitrogens is 3. The molecule has 1 N–H and O–H groups in total. The van der Waals surface area contributed by atoms with Gasteiger partial charge in [0.25, 0.3) is 5.91 Å². The summed E-state index contributed by atoms with van der Waals surface area (Å²) < 4.78 is 14.9. The molecule has 5 nitrogen and oxygen atoms in total. The van der Waals surface area contributed by atoms with Gasteiger partial charge < -0.3 is 5.32 Å². The molecule has 168 valence electrons. The van der Waals surface area contributed by atoms with Gasteiger partial charge in [0.05, 0.1) is 10.7 Å².